The zero-order valence-corrected chi connectivity index (χ0v) is 16.6. The van der Waals surface area contributed by atoms with Gasteiger partial charge in [-0.05, 0) is 49.0 Å². The van der Waals surface area contributed by atoms with Crippen LogP contribution in [0.4, 0.5) is 0 Å². The average molecular weight is 353 g/mol. The number of allylic oxidation sites excluding steroid dienone is 3. The van der Waals surface area contributed by atoms with Gasteiger partial charge in [-0.25, -0.2) is 0 Å². The number of ether oxygens (including phenoxy) is 1. The number of methoxy groups -OCH3 is 1. The fraction of sp³-hybridized carbons (Fsp3) is 0.684. The number of ketones is 1. The molecule has 0 N–H and O–H groups in total. The van der Waals surface area contributed by atoms with Crippen molar-refractivity contribution in [2.45, 2.75) is 77.1 Å². The second-order valence-corrected chi connectivity index (χ2v) is 11.1. The van der Waals surface area contributed by atoms with E-state index in [-0.39, 0.29) is 17.9 Å². The second kappa shape index (κ2) is 10.6. The van der Waals surface area contributed by atoms with E-state index in [0.29, 0.717) is 19.3 Å². The minimum atomic E-state index is -1.66. The molecule has 136 valence electrons. The molecule has 0 aromatic carbocycles. The van der Waals surface area contributed by atoms with Crippen molar-refractivity contribution in [3.05, 3.63) is 23.8 Å². The van der Waals surface area contributed by atoms with Crippen molar-refractivity contribution in [2.75, 3.05) is 7.11 Å². The van der Waals surface area contributed by atoms with Gasteiger partial charge < -0.3 is 9.16 Å². The molecule has 24 heavy (non-hydrogen) atoms. The Kier molecular flexibility index (Phi) is 9.22. The van der Waals surface area contributed by atoms with Crippen molar-refractivity contribution in [1.29, 1.82) is 0 Å². The van der Waals surface area contributed by atoms with Crippen LogP contribution in [-0.2, 0) is 18.8 Å². The molecule has 0 spiro atoms. The third-order valence-corrected chi connectivity index (χ3v) is 9.62. The molecule has 0 saturated carbocycles. The third kappa shape index (κ3) is 6.36. The Bertz CT molecular complexity index is 469. The van der Waals surface area contributed by atoms with Gasteiger partial charge >= 0.3 is 5.97 Å². The highest BCUT2D eigenvalue weighted by atomic mass is 28.4. The van der Waals surface area contributed by atoms with Crippen LogP contribution >= 0.6 is 0 Å². The maximum atomic E-state index is 12.2. The van der Waals surface area contributed by atoms with Crippen LogP contribution in [0.2, 0.25) is 18.1 Å². The summed E-state index contributed by atoms with van der Waals surface area (Å²) in [6.07, 6.45) is 9.28. The Morgan fingerprint density at radius 1 is 1.25 bits per heavy atom. The van der Waals surface area contributed by atoms with Gasteiger partial charge in [0.2, 0.25) is 0 Å². The molecular formula is C19H32O4Si. The highest BCUT2D eigenvalue weighted by molar-refractivity contribution is 6.73. The van der Waals surface area contributed by atoms with Crippen molar-refractivity contribution < 1.29 is 18.8 Å². The van der Waals surface area contributed by atoms with Crippen molar-refractivity contribution >= 4 is 20.1 Å². The molecule has 0 bridgehead atoms. The van der Waals surface area contributed by atoms with Crippen LogP contribution in [0.15, 0.2) is 23.8 Å². The maximum absolute atomic E-state index is 12.2. The highest BCUT2D eigenvalue weighted by Crippen LogP contribution is 2.29. The summed E-state index contributed by atoms with van der Waals surface area (Å²) < 4.78 is 11.0. The van der Waals surface area contributed by atoms with Crippen LogP contribution in [0.1, 0.15) is 52.9 Å². The van der Waals surface area contributed by atoms with E-state index < -0.39 is 8.32 Å². The molecule has 4 nitrogen and oxygen atoms in total. The Morgan fingerprint density at radius 2 is 1.92 bits per heavy atom. The van der Waals surface area contributed by atoms with Gasteiger partial charge in [0.15, 0.2) is 14.1 Å². The van der Waals surface area contributed by atoms with E-state index in [4.69, 9.17) is 4.43 Å². The van der Waals surface area contributed by atoms with Crippen LogP contribution < -0.4 is 0 Å². The molecule has 0 amide bonds. The fourth-order valence-electron chi connectivity index (χ4n) is 3.06. The molecule has 0 heterocycles. The number of esters is 1. The Labute approximate surface area is 147 Å². The first-order valence-electron chi connectivity index (χ1n) is 9.13. The van der Waals surface area contributed by atoms with Crippen molar-refractivity contribution in [1.82, 2.24) is 0 Å². The second-order valence-electron chi connectivity index (χ2n) is 6.36. The topological polar surface area (TPSA) is 52.6 Å². The van der Waals surface area contributed by atoms with E-state index >= 15 is 0 Å². The predicted octanol–water partition coefficient (Wildman–Crippen LogP) is 4.57. The molecule has 0 fully saturated rings. The predicted molar refractivity (Wildman–Crippen MR) is 99.4 cm³/mol. The van der Waals surface area contributed by atoms with Gasteiger partial charge in [-0.1, -0.05) is 32.9 Å². The van der Waals surface area contributed by atoms with Gasteiger partial charge in [0.05, 0.1) is 13.2 Å². The monoisotopic (exact) mass is 352 g/mol. The quantitative estimate of drug-likeness (QED) is 0.237. The van der Waals surface area contributed by atoms with Crippen molar-refractivity contribution in [2.24, 2.45) is 0 Å². The summed E-state index contributed by atoms with van der Waals surface area (Å²) >= 11 is 0. The number of hydrogen-bond acceptors (Lipinski definition) is 4. The Hall–Kier alpha value is -1.20. The Balaban J connectivity index is 2.45. The molecule has 0 aliphatic heterocycles. The third-order valence-electron chi connectivity index (χ3n) is 4.95. The SMILES string of the molecule is CC[Si](CC)(CC)O[C@@H]1C=C(C/C=C\CCCC(=O)OC)C(=O)C1. The zero-order valence-electron chi connectivity index (χ0n) is 15.6. The van der Waals surface area contributed by atoms with Gasteiger partial charge in [-0.2, -0.15) is 0 Å². The first-order chi connectivity index (χ1) is 11.5. The summed E-state index contributed by atoms with van der Waals surface area (Å²) in [7, 11) is -0.259. The normalized spacial score (nSPS) is 18.2. The van der Waals surface area contributed by atoms with Gasteiger partial charge in [-0.15, -0.1) is 0 Å². The molecule has 1 aliphatic rings. The maximum Gasteiger partial charge on any atom is 0.305 e. The van der Waals surface area contributed by atoms with E-state index in [1.165, 1.54) is 7.11 Å². The van der Waals surface area contributed by atoms with Gasteiger partial charge in [0.1, 0.15) is 0 Å². The highest BCUT2D eigenvalue weighted by Gasteiger charge is 2.34. The van der Waals surface area contributed by atoms with Gasteiger partial charge in [-0.3, -0.25) is 9.59 Å². The van der Waals surface area contributed by atoms with E-state index in [1.54, 1.807) is 0 Å². The molecule has 1 rings (SSSR count). The van der Waals surface area contributed by atoms with Gasteiger partial charge in [0, 0.05) is 12.8 Å². The standard InChI is InChI=1S/C19H32O4Si/c1-5-24(6-2,7-3)23-17-14-16(18(20)15-17)12-10-8-9-11-13-19(21)22-4/h8,10,14,17H,5-7,9,11-13,15H2,1-4H3/b10-8-/t17-/m1/s1. The Morgan fingerprint density at radius 3 is 2.50 bits per heavy atom. The van der Waals surface area contributed by atoms with Gasteiger partial charge in [0.25, 0.3) is 0 Å². The minimum absolute atomic E-state index is 0.0215. The van der Waals surface area contributed by atoms with E-state index in [9.17, 15) is 9.59 Å². The summed E-state index contributed by atoms with van der Waals surface area (Å²) in [5.74, 6) is 0.0397. The lowest BCUT2D eigenvalue weighted by atomic mass is 10.1. The summed E-state index contributed by atoms with van der Waals surface area (Å²) in [5, 5.41) is 0. The van der Waals surface area contributed by atoms with Crippen LogP contribution in [0, 0.1) is 0 Å². The zero-order chi connectivity index (χ0) is 18.0. The minimum Gasteiger partial charge on any atom is -0.469 e. The number of hydrogen-bond donors (Lipinski definition) is 0. The molecule has 0 saturated heterocycles. The molecule has 0 aromatic rings. The van der Waals surface area contributed by atoms with Crippen LogP contribution in [-0.4, -0.2) is 33.3 Å². The van der Waals surface area contributed by atoms with E-state index in [1.807, 2.05) is 18.2 Å². The largest absolute Gasteiger partial charge is 0.469 e. The van der Waals surface area contributed by atoms with Crippen LogP contribution in [0.25, 0.3) is 0 Å². The molecular weight excluding hydrogens is 320 g/mol. The van der Waals surface area contributed by atoms with Crippen molar-refractivity contribution in [3.63, 3.8) is 0 Å². The number of carbonyl (C=O) groups is 2. The molecule has 0 unspecified atom stereocenters. The number of Topliss-reactive ketones (excluding diaryl/α,β-unsaturated/α-hetero) is 1. The lowest BCUT2D eigenvalue weighted by molar-refractivity contribution is -0.140. The molecule has 1 atom stereocenters. The van der Waals surface area contributed by atoms with Crippen LogP contribution in [0.5, 0.6) is 0 Å². The summed E-state index contributed by atoms with van der Waals surface area (Å²) in [5.41, 5.74) is 0.871. The summed E-state index contributed by atoms with van der Waals surface area (Å²) in [6, 6.07) is 3.32. The van der Waals surface area contributed by atoms with Crippen molar-refractivity contribution in [3.8, 4) is 0 Å². The number of rotatable bonds is 11. The summed E-state index contributed by atoms with van der Waals surface area (Å²) in [4.78, 5) is 23.2. The number of unbranched alkanes of at least 4 members (excludes halogenated alkanes) is 1. The molecule has 0 aromatic heterocycles. The molecule has 1 aliphatic carbocycles. The van der Waals surface area contributed by atoms with E-state index in [2.05, 4.69) is 25.5 Å². The lowest BCUT2D eigenvalue weighted by Gasteiger charge is -2.30. The fourth-order valence-corrected chi connectivity index (χ4v) is 5.86. The first kappa shape index (κ1) is 20.8. The van der Waals surface area contributed by atoms with Crippen LogP contribution in [0.3, 0.4) is 0 Å². The lowest BCUT2D eigenvalue weighted by Crippen LogP contribution is -2.39. The summed E-state index contributed by atoms with van der Waals surface area (Å²) in [6.45, 7) is 6.62. The average Bonchev–Trinajstić information content (AvgIpc) is 2.94. The molecule has 5 heteroatoms. The smallest absolute Gasteiger partial charge is 0.305 e. The molecule has 0 radical (unpaired) electrons. The van der Waals surface area contributed by atoms with E-state index in [0.717, 1.165) is 36.5 Å². The number of carbonyl (C=O) groups excluding carboxylic acids is 2. The first-order valence-corrected chi connectivity index (χ1v) is 11.7.